The van der Waals surface area contributed by atoms with Gasteiger partial charge in [0.05, 0.1) is 7.11 Å². The van der Waals surface area contributed by atoms with Gasteiger partial charge in [-0.3, -0.25) is 4.79 Å². The Bertz CT molecular complexity index is 897. The normalized spacial score (nSPS) is 16.2. The molecule has 1 saturated heterocycles. The molecule has 2 heterocycles. The minimum Gasteiger partial charge on any atom is -0.497 e. The van der Waals surface area contributed by atoms with Gasteiger partial charge in [-0.15, -0.1) is 0 Å². The maximum Gasteiger partial charge on any atom is 0.291 e. The smallest absolute Gasteiger partial charge is 0.291 e. The van der Waals surface area contributed by atoms with Gasteiger partial charge < -0.3 is 19.9 Å². The van der Waals surface area contributed by atoms with Crippen molar-refractivity contribution in [3.8, 4) is 5.75 Å². The molecule has 1 N–H and O–H groups in total. The van der Waals surface area contributed by atoms with E-state index in [0.29, 0.717) is 6.04 Å². The Morgan fingerprint density at radius 2 is 2.03 bits per heavy atom. The van der Waals surface area contributed by atoms with Crippen LogP contribution in [0, 0.1) is 20.8 Å². The average molecular weight is 398 g/mol. The number of aryl methyl sites for hydroxylation is 2. The zero-order chi connectivity index (χ0) is 21.1. The number of carbonyl (C=O) groups is 1. The van der Waals surface area contributed by atoms with Gasteiger partial charge in [0.15, 0.2) is 0 Å². The lowest BCUT2D eigenvalue weighted by Gasteiger charge is -2.22. The van der Waals surface area contributed by atoms with E-state index in [-0.39, 0.29) is 11.7 Å². The predicted molar refractivity (Wildman–Crippen MR) is 115 cm³/mol. The standard InChI is InChI=1S/C22H31N5O2/c1-14-11-19(29-6)8-7-17(14)12-23-18-9-10-27(13-18)21-15(2)16(3)24-20(25-21)22(28)26(4)5/h7-8,11,18,23H,9-10,12-13H2,1-6H3/t18-/m1/s1. The maximum atomic E-state index is 12.3. The largest absolute Gasteiger partial charge is 0.497 e. The molecule has 1 aliphatic heterocycles. The van der Waals surface area contributed by atoms with Crippen molar-refractivity contribution in [3.63, 3.8) is 0 Å². The molecular weight excluding hydrogens is 366 g/mol. The highest BCUT2D eigenvalue weighted by Gasteiger charge is 2.26. The molecule has 1 aliphatic rings. The second-order valence-corrected chi connectivity index (χ2v) is 7.89. The summed E-state index contributed by atoms with van der Waals surface area (Å²) < 4.78 is 5.29. The fraction of sp³-hybridized carbons (Fsp3) is 0.500. The Morgan fingerprint density at radius 1 is 1.28 bits per heavy atom. The summed E-state index contributed by atoms with van der Waals surface area (Å²) in [7, 11) is 5.13. The second-order valence-electron chi connectivity index (χ2n) is 7.89. The first-order valence-corrected chi connectivity index (χ1v) is 9.99. The van der Waals surface area contributed by atoms with Gasteiger partial charge in [-0.2, -0.15) is 0 Å². The summed E-state index contributed by atoms with van der Waals surface area (Å²) in [5.41, 5.74) is 4.38. The minimum absolute atomic E-state index is 0.168. The molecule has 0 saturated carbocycles. The van der Waals surface area contributed by atoms with Crippen LogP contribution < -0.4 is 15.0 Å². The first-order chi connectivity index (χ1) is 13.8. The second kappa shape index (κ2) is 8.78. The lowest BCUT2D eigenvalue weighted by Crippen LogP contribution is -2.33. The Kier molecular flexibility index (Phi) is 6.37. The molecule has 0 spiro atoms. The van der Waals surface area contributed by atoms with Gasteiger partial charge in [0, 0.05) is 51.0 Å². The van der Waals surface area contributed by atoms with Gasteiger partial charge in [-0.25, -0.2) is 9.97 Å². The summed E-state index contributed by atoms with van der Waals surface area (Å²) in [6.45, 7) is 8.66. The van der Waals surface area contributed by atoms with E-state index in [4.69, 9.17) is 4.74 Å². The molecule has 1 amide bonds. The molecule has 156 valence electrons. The fourth-order valence-corrected chi connectivity index (χ4v) is 3.58. The lowest BCUT2D eigenvalue weighted by atomic mass is 10.1. The Balaban J connectivity index is 1.68. The van der Waals surface area contributed by atoms with Crippen LogP contribution >= 0.6 is 0 Å². The van der Waals surface area contributed by atoms with Crippen LogP contribution in [0.3, 0.4) is 0 Å². The van der Waals surface area contributed by atoms with Gasteiger partial charge in [-0.05, 0) is 50.5 Å². The van der Waals surface area contributed by atoms with Gasteiger partial charge in [0.1, 0.15) is 11.6 Å². The van der Waals surface area contributed by atoms with Crippen LogP contribution in [0.5, 0.6) is 5.75 Å². The Hall–Kier alpha value is -2.67. The first kappa shape index (κ1) is 21.0. The highest BCUT2D eigenvalue weighted by molar-refractivity contribution is 5.90. The first-order valence-electron chi connectivity index (χ1n) is 9.99. The summed E-state index contributed by atoms with van der Waals surface area (Å²) in [6.07, 6.45) is 1.04. The third-order valence-electron chi connectivity index (χ3n) is 5.58. The van der Waals surface area contributed by atoms with Crippen molar-refractivity contribution in [2.75, 3.05) is 39.2 Å². The fourth-order valence-electron chi connectivity index (χ4n) is 3.58. The van der Waals surface area contributed by atoms with Crippen LogP contribution in [0.15, 0.2) is 18.2 Å². The zero-order valence-corrected chi connectivity index (χ0v) is 18.2. The highest BCUT2D eigenvalue weighted by atomic mass is 16.5. The van der Waals surface area contributed by atoms with E-state index < -0.39 is 0 Å². The number of methoxy groups -OCH3 is 1. The molecule has 29 heavy (non-hydrogen) atoms. The van der Waals surface area contributed by atoms with Gasteiger partial charge in [0.25, 0.3) is 5.91 Å². The number of anilines is 1. The third-order valence-corrected chi connectivity index (χ3v) is 5.58. The highest BCUT2D eigenvalue weighted by Crippen LogP contribution is 2.25. The SMILES string of the molecule is COc1ccc(CN[C@@H]2CCN(c3nc(C(=O)N(C)C)nc(C)c3C)C2)c(C)c1. The van der Waals surface area contributed by atoms with E-state index in [0.717, 1.165) is 48.9 Å². The Morgan fingerprint density at radius 3 is 2.69 bits per heavy atom. The zero-order valence-electron chi connectivity index (χ0n) is 18.2. The number of ether oxygens (including phenoxy) is 1. The molecule has 2 aromatic rings. The number of nitrogens with one attached hydrogen (secondary N) is 1. The van der Waals surface area contributed by atoms with Crippen LogP contribution in [0.1, 0.15) is 39.4 Å². The van der Waals surface area contributed by atoms with Crippen LogP contribution in [0.4, 0.5) is 5.82 Å². The maximum absolute atomic E-state index is 12.3. The summed E-state index contributed by atoms with van der Waals surface area (Å²) in [5, 5.41) is 3.66. The van der Waals surface area contributed by atoms with Crippen molar-refractivity contribution in [1.29, 1.82) is 0 Å². The van der Waals surface area contributed by atoms with E-state index >= 15 is 0 Å². The van der Waals surface area contributed by atoms with Crippen LogP contribution in [-0.4, -0.2) is 61.1 Å². The number of aromatic nitrogens is 2. The molecule has 3 rings (SSSR count). The predicted octanol–water partition coefficient (Wildman–Crippen LogP) is 2.48. The van der Waals surface area contributed by atoms with Gasteiger partial charge >= 0.3 is 0 Å². The number of rotatable bonds is 6. The van der Waals surface area contributed by atoms with E-state index in [1.165, 1.54) is 16.0 Å². The summed E-state index contributed by atoms with van der Waals surface area (Å²) in [5.74, 6) is 1.85. The number of hydrogen-bond acceptors (Lipinski definition) is 6. The molecule has 7 nitrogen and oxygen atoms in total. The van der Waals surface area contributed by atoms with Crippen molar-refractivity contribution in [2.45, 2.75) is 39.8 Å². The van der Waals surface area contributed by atoms with E-state index in [9.17, 15) is 4.79 Å². The molecule has 1 aromatic carbocycles. The molecule has 1 fully saturated rings. The quantitative estimate of drug-likeness (QED) is 0.808. The third kappa shape index (κ3) is 4.67. The average Bonchev–Trinajstić information content (AvgIpc) is 3.17. The van der Waals surface area contributed by atoms with Crippen molar-refractivity contribution >= 4 is 11.7 Å². The van der Waals surface area contributed by atoms with Crippen molar-refractivity contribution in [2.24, 2.45) is 0 Å². The molecule has 0 bridgehead atoms. The number of nitrogens with zero attached hydrogens (tertiary/aromatic N) is 4. The molecule has 1 aromatic heterocycles. The summed E-state index contributed by atoms with van der Waals surface area (Å²) in [4.78, 5) is 25.1. The van der Waals surface area contributed by atoms with Crippen LogP contribution in [0.2, 0.25) is 0 Å². The summed E-state index contributed by atoms with van der Waals surface area (Å²) >= 11 is 0. The van der Waals surface area contributed by atoms with Crippen molar-refractivity contribution in [3.05, 3.63) is 46.4 Å². The van der Waals surface area contributed by atoms with E-state index in [1.807, 2.05) is 19.9 Å². The van der Waals surface area contributed by atoms with Crippen LogP contribution in [-0.2, 0) is 6.54 Å². The molecule has 1 atom stereocenters. The number of hydrogen-bond donors (Lipinski definition) is 1. The molecule has 0 aliphatic carbocycles. The minimum atomic E-state index is -0.168. The molecule has 0 unspecified atom stereocenters. The Labute approximate surface area is 173 Å². The van der Waals surface area contributed by atoms with Gasteiger partial charge in [-0.1, -0.05) is 6.07 Å². The summed E-state index contributed by atoms with van der Waals surface area (Å²) in [6, 6.07) is 6.56. The van der Waals surface area contributed by atoms with Crippen LogP contribution in [0.25, 0.3) is 0 Å². The monoisotopic (exact) mass is 397 g/mol. The van der Waals surface area contributed by atoms with E-state index in [2.05, 4.69) is 39.2 Å². The topological polar surface area (TPSA) is 70.6 Å². The molecule has 0 radical (unpaired) electrons. The number of carbonyl (C=O) groups excluding carboxylic acids is 1. The van der Waals surface area contributed by atoms with Crippen molar-refractivity contribution in [1.82, 2.24) is 20.2 Å². The van der Waals surface area contributed by atoms with Gasteiger partial charge in [0.2, 0.25) is 5.82 Å². The van der Waals surface area contributed by atoms with E-state index in [1.54, 1.807) is 21.2 Å². The van der Waals surface area contributed by atoms with Crippen molar-refractivity contribution < 1.29 is 9.53 Å². The molecule has 7 heteroatoms. The molecular formula is C22H31N5O2. The lowest BCUT2D eigenvalue weighted by molar-refractivity contribution is 0.0815. The number of amides is 1. The number of benzene rings is 1.